The summed E-state index contributed by atoms with van der Waals surface area (Å²) in [6, 6.07) is 0. The topological polar surface area (TPSA) is 18.5 Å². The van der Waals surface area contributed by atoms with Crippen LogP contribution in [0.5, 0.6) is 0 Å². The molecule has 0 spiro atoms. The van der Waals surface area contributed by atoms with Crippen molar-refractivity contribution in [1.82, 2.24) is 0 Å². The van der Waals surface area contributed by atoms with Crippen molar-refractivity contribution >= 4 is 0 Å². The van der Waals surface area contributed by atoms with Crippen LogP contribution in [0, 0.1) is 11.8 Å². The van der Waals surface area contributed by atoms with E-state index in [0.717, 1.165) is 38.5 Å². The van der Waals surface area contributed by atoms with Crippen LogP contribution in [0.2, 0.25) is 0 Å². The van der Waals surface area contributed by atoms with E-state index in [1.165, 1.54) is 0 Å². The van der Waals surface area contributed by atoms with Gasteiger partial charge in [-0.15, -0.1) is 0 Å². The maximum absolute atomic E-state index is 13.2. The van der Waals surface area contributed by atoms with Crippen LogP contribution >= 0.6 is 0 Å². The Hall–Kier alpha value is -0.360. The summed E-state index contributed by atoms with van der Waals surface area (Å²) in [5.41, 5.74) is 0. The third-order valence-corrected chi connectivity index (χ3v) is 4.83. The van der Waals surface area contributed by atoms with Gasteiger partial charge in [0.15, 0.2) is 0 Å². The highest BCUT2D eigenvalue weighted by Crippen LogP contribution is 2.39. The number of alkyl halides is 4. The van der Waals surface area contributed by atoms with Crippen molar-refractivity contribution in [2.75, 3.05) is 13.2 Å². The minimum absolute atomic E-state index is 0.160. The largest absolute Gasteiger partial charge is 0.358 e. The minimum Gasteiger partial charge on any atom is -0.320 e. The molecule has 0 aromatic heterocycles. The quantitative estimate of drug-likeness (QED) is 0.419. The van der Waals surface area contributed by atoms with E-state index in [2.05, 4.69) is 9.47 Å². The predicted molar refractivity (Wildman–Crippen MR) is 74.9 cm³/mol. The van der Waals surface area contributed by atoms with Gasteiger partial charge in [0.1, 0.15) is 0 Å². The van der Waals surface area contributed by atoms with Gasteiger partial charge in [0.2, 0.25) is 0 Å². The molecule has 0 N–H and O–H groups in total. The molecule has 2 aliphatic heterocycles. The lowest BCUT2D eigenvalue weighted by Gasteiger charge is -2.17. The van der Waals surface area contributed by atoms with Gasteiger partial charge >= 0.3 is 12.2 Å². The van der Waals surface area contributed by atoms with Gasteiger partial charge in [0, 0.05) is 0 Å². The van der Waals surface area contributed by atoms with E-state index in [0.29, 0.717) is 25.7 Å². The normalized spacial score (nSPS) is 30.0. The Morgan fingerprint density at radius 2 is 1.00 bits per heavy atom. The van der Waals surface area contributed by atoms with Crippen LogP contribution in [0.4, 0.5) is 17.6 Å². The smallest absolute Gasteiger partial charge is 0.320 e. The highest BCUT2D eigenvalue weighted by atomic mass is 19.3. The highest BCUT2D eigenvalue weighted by Gasteiger charge is 2.45. The fraction of sp³-hybridized carbons (Fsp3) is 1.00. The van der Waals surface area contributed by atoms with Crippen molar-refractivity contribution in [2.24, 2.45) is 11.8 Å². The molecule has 2 nitrogen and oxygen atoms in total. The van der Waals surface area contributed by atoms with E-state index < -0.39 is 24.1 Å². The van der Waals surface area contributed by atoms with Gasteiger partial charge in [-0.2, -0.15) is 17.6 Å². The molecular weight excluding hydrogens is 300 g/mol. The Balaban J connectivity index is 1.43. The Kier molecular flexibility index (Phi) is 6.50. The Bertz CT molecular complexity index is 304. The summed E-state index contributed by atoms with van der Waals surface area (Å²) in [5.74, 6) is -1.26. The second kappa shape index (κ2) is 7.95. The third kappa shape index (κ3) is 5.08. The lowest BCUT2D eigenvalue weighted by atomic mass is 9.96. The summed E-state index contributed by atoms with van der Waals surface area (Å²) in [4.78, 5) is 0. The second-order valence-corrected chi connectivity index (χ2v) is 6.49. The molecule has 0 bridgehead atoms. The molecule has 2 atom stereocenters. The van der Waals surface area contributed by atoms with Crippen LogP contribution in [0.25, 0.3) is 0 Å². The first-order chi connectivity index (χ1) is 10.4. The molecule has 0 aromatic rings. The van der Waals surface area contributed by atoms with E-state index in [1.807, 2.05) is 0 Å². The summed E-state index contributed by atoms with van der Waals surface area (Å²) in [7, 11) is 0. The first-order valence-electron chi connectivity index (χ1n) is 8.45. The summed E-state index contributed by atoms with van der Waals surface area (Å²) < 4.78 is 61.7. The van der Waals surface area contributed by atoms with Gasteiger partial charge in [-0.25, -0.2) is 0 Å². The van der Waals surface area contributed by atoms with Gasteiger partial charge in [-0.3, -0.25) is 0 Å². The van der Waals surface area contributed by atoms with E-state index in [4.69, 9.17) is 0 Å². The Morgan fingerprint density at radius 3 is 1.32 bits per heavy atom. The van der Waals surface area contributed by atoms with Gasteiger partial charge in [-0.05, 0) is 25.7 Å². The zero-order valence-corrected chi connectivity index (χ0v) is 13.0. The number of halogens is 4. The molecule has 0 aliphatic carbocycles. The van der Waals surface area contributed by atoms with E-state index in [-0.39, 0.29) is 13.2 Å². The number of hydrogen-bond acceptors (Lipinski definition) is 2. The average Bonchev–Trinajstić information content (AvgIpc) is 2.95. The summed E-state index contributed by atoms with van der Waals surface area (Å²) in [5, 5.41) is 0. The molecule has 2 saturated heterocycles. The number of hydrogen-bond donors (Lipinski definition) is 0. The zero-order valence-electron chi connectivity index (χ0n) is 13.0. The molecule has 2 aliphatic rings. The lowest BCUT2D eigenvalue weighted by molar-refractivity contribution is -0.232. The number of ether oxygens (including phenoxy) is 2. The molecule has 0 saturated carbocycles. The highest BCUT2D eigenvalue weighted by molar-refractivity contribution is 4.75. The van der Waals surface area contributed by atoms with Gasteiger partial charge in [0.05, 0.1) is 25.0 Å². The monoisotopic (exact) mass is 326 g/mol. The van der Waals surface area contributed by atoms with Crippen LogP contribution in [-0.4, -0.2) is 25.4 Å². The van der Waals surface area contributed by atoms with Crippen LogP contribution in [0.15, 0.2) is 0 Å². The number of rotatable bonds is 9. The molecule has 0 amide bonds. The van der Waals surface area contributed by atoms with Crippen molar-refractivity contribution < 1.29 is 27.0 Å². The van der Waals surface area contributed by atoms with Crippen molar-refractivity contribution in [3.8, 4) is 0 Å². The SMILES string of the molecule is FC1(F)OCCC1CCCCCCCCC1CCOC1(F)F. The van der Waals surface area contributed by atoms with Crippen molar-refractivity contribution in [3.05, 3.63) is 0 Å². The van der Waals surface area contributed by atoms with Crippen LogP contribution < -0.4 is 0 Å². The molecule has 130 valence electrons. The standard InChI is InChI=1S/C16H26F4O2/c17-15(18)13(9-11-21-15)7-5-3-1-2-4-6-8-14-10-12-22-16(14,19)20/h13-14H,1-12H2. The molecule has 2 heterocycles. The maximum Gasteiger partial charge on any atom is 0.358 e. The van der Waals surface area contributed by atoms with Crippen molar-refractivity contribution in [2.45, 2.75) is 76.4 Å². The van der Waals surface area contributed by atoms with Crippen LogP contribution in [0.1, 0.15) is 64.2 Å². The van der Waals surface area contributed by atoms with Gasteiger partial charge in [0.25, 0.3) is 0 Å². The molecule has 0 aromatic carbocycles. The second-order valence-electron chi connectivity index (χ2n) is 6.49. The first-order valence-corrected chi connectivity index (χ1v) is 8.45. The molecule has 0 radical (unpaired) electrons. The third-order valence-electron chi connectivity index (χ3n) is 4.83. The summed E-state index contributed by atoms with van der Waals surface area (Å²) in [6.07, 6.45) is 1.45. The van der Waals surface area contributed by atoms with Crippen LogP contribution in [-0.2, 0) is 9.47 Å². The van der Waals surface area contributed by atoms with Crippen molar-refractivity contribution in [1.29, 1.82) is 0 Å². The molecule has 6 heteroatoms. The molecule has 22 heavy (non-hydrogen) atoms. The van der Waals surface area contributed by atoms with E-state index in [9.17, 15) is 17.6 Å². The molecule has 2 fully saturated rings. The average molecular weight is 326 g/mol. The fourth-order valence-electron chi connectivity index (χ4n) is 3.36. The lowest BCUT2D eigenvalue weighted by Crippen LogP contribution is -2.23. The first kappa shape index (κ1) is 18.0. The predicted octanol–water partition coefficient (Wildman–Crippen LogP) is 5.37. The zero-order chi connectivity index (χ0) is 16.1. The minimum atomic E-state index is -2.94. The van der Waals surface area contributed by atoms with Gasteiger partial charge < -0.3 is 9.47 Å². The summed E-state index contributed by atoms with van der Waals surface area (Å²) in [6.45, 7) is 0.320. The Morgan fingerprint density at radius 1 is 0.636 bits per heavy atom. The Labute approximate surface area is 129 Å². The van der Waals surface area contributed by atoms with E-state index in [1.54, 1.807) is 0 Å². The molecule has 2 rings (SSSR count). The van der Waals surface area contributed by atoms with E-state index >= 15 is 0 Å². The van der Waals surface area contributed by atoms with Crippen molar-refractivity contribution in [3.63, 3.8) is 0 Å². The summed E-state index contributed by atoms with van der Waals surface area (Å²) >= 11 is 0. The molecular formula is C16H26F4O2. The fourth-order valence-corrected chi connectivity index (χ4v) is 3.36. The maximum atomic E-state index is 13.2. The van der Waals surface area contributed by atoms with Crippen LogP contribution in [0.3, 0.4) is 0 Å². The number of unbranched alkanes of at least 4 members (excludes halogenated alkanes) is 5. The van der Waals surface area contributed by atoms with Gasteiger partial charge in [-0.1, -0.05) is 38.5 Å². The molecule has 2 unspecified atom stereocenters.